The van der Waals surface area contributed by atoms with Gasteiger partial charge in [0.05, 0.1) is 6.61 Å². The first-order chi connectivity index (χ1) is 11.0. The molecule has 1 N–H and O–H groups in total. The first kappa shape index (κ1) is 17.4. The number of carbonyl (C=O) groups is 2. The van der Waals surface area contributed by atoms with Gasteiger partial charge in [-0.1, -0.05) is 0 Å². The molecular weight excluding hydrogens is 294 g/mol. The van der Waals surface area contributed by atoms with Gasteiger partial charge in [0.1, 0.15) is 0 Å². The van der Waals surface area contributed by atoms with Crippen molar-refractivity contribution >= 4 is 11.8 Å². The number of nitrogens with zero attached hydrogens (tertiary/aromatic N) is 2. The van der Waals surface area contributed by atoms with Crippen molar-refractivity contribution in [1.82, 2.24) is 15.2 Å². The van der Waals surface area contributed by atoms with Crippen LogP contribution in [0.15, 0.2) is 18.3 Å². The molecule has 23 heavy (non-hydrogen) atoms. The molecule has 1 aromatic rings. The highest BCUT2D eigenvalue weighted by Crippen LogP contribution is 2.21. The highest BCUT2D eigenvalue weighted by Gasteiger charge is 2.29. The number of hydrogen-bond donors (Lipinski definition) is 1. The van der Waals surface area contributed by atoms with Crippen molar-refractivity contribution in [2.45, 2.75) is 32.7 Å². The van der Waals surface area contributed by atoms with Crippen LogP contribution in [0.25, 0.3) is 0 Å². The molecule has 0 saturated carbocycles. The van der Waals surface area contributed by atoms with Crippen molar-refractivity contribution in [3.8, 4) is 0 Å². The van der Waals surface area contributed by atoms with E-state index in [4.69, 9.17) is 4.74 Å². The van der Waals surface area contributed by atoms with E-state index in [1.54, 1.807) is 19.4 Å². The van der Waals surface area contributed by atoms with Crippen LogP contribution in [0.3, 0.4) is 0 Å². The molecule has 0 unspecified atom stereocenters. The average molecular weight is 319 g/mol. The molecule has 1 aliphatic rings. The summed E-state index contributed by atoms with van der Waals surface area (Å²) in [5.74, 6) is 0.323. The lowest BCUT2D eigenvalue weighted by molar-refractivity contribution is -0.128. The van der Waals surface area contributed by atoms with Crippen LogP contribution in [0, 0.1) is 5.92 Å². The molecule has 0 bridgehead atoms. The fourth-order valence-electron chi connectivity index (χ4n) is 2.78. The van der Waals surface area contributed by atoms with Crippen molar-refractivity contribution in [2.75, 3.05) is 26.8 Å². The second-order valence-electron chi connectivity index (χ2n) is 6.27. The van der Waals surface area contributed by atoms with Gasteiger partial charge in [0, 0.05) is 50.1 Å². The van der Waals surface area contributed by atoms with Gasteiger partial charge in [0.25, 0.3) is 5.91 Å². The maximum atomic E-state index is 12.1. The normalized spacial score (nSPS) is 17.8. The minimum absolute atomic E-state index is 0.0899. The Morgan fingerprint density at radius 3 is 3.00 bits per heavy atom. The summed E-state index contributed by atoms with van der Waals surface area (Å²) in [6, 6.07) is 3.63. The van der Waals surface area contributed by atoms with Crippen LogP contribution in [0.5, 0.6) is 0 Å². The van der Waals surface area contributed by atoms with Crippen molar-refractivity contribution in [2.24, 2.45) is 5.92 Å². The van der Waals surface area contributed by atoms with Gasteiger partial charge >= 0.3 is 0 Å². The lowest BCUT2D eigenvalue weighted by Crippen LogP contribution is -2.30. The van der Waals surface area contributed by atoms with Crippen LogP contribution in [-0.4, -0.2) is 54.5 Å². The van der Waals surface area contributed by atoms with E-state index in [-0.39, 0.29) is 23.8 Å². The molecule has 1 fully saturated rings. The third-order valence-corrected chi connectivity index (χ3v) is 3.86. The van der Waals surface area contributed by atoms with Crippen LogP contribution in [0.4, 0.5) is 0 Å². The molecule has 1 atom stereocenters. The molecule has 1 saturated heterocycles. The molecule has 1 aliphatic heterocycles. The lowest BCUT2D eigenvalue weighted by Gasteiger charge is -2.16. The highest BCUT2D eigenvalue weighted by molar-refractivity contribution is 5.94. The van der Waals surface area contributed by atoms with Gasteiger partial charge in [-0.15, -0.1) is 0 Å². The van der Waals surface area contributed by atoms with E-state index >= 15 is 0 Å². The molecule has 126 valence electrons. The molecule has 0 radical (unpaired) electrons. The standard InChI is InChI=1S/C17H25N3O3/c1-12(2)19-17(22)14-4-5-18-15(10-14)8-13-9-16(21)20(11-13)6-7-23-3/h4-5,10,12-13H,6-9,11H2,1-3H3,(H,19,22)/t13-/m0/s1. The summed E-state index contributed by atoms with van der Waals surface area (Å²) in [5, 5.41) is 2.87. The molecule has 0 spiro atoms. The zero-order valence-electron chi connectivity index (χ0n) is 14.0. The van der Waals surface area contributed by atoms with Crippen molar-refractivity contribution in [3.63, 3.8) is 0 Å². The number of pyridine rings is 1. The minimum atomic E-state index is -0.0899. The van der Waals surface area contributed by atoms with Gasteiger partial charge < -0.3 is 15.0 Å². The Bertz CT molecular complexity index is 560. The Morgan fingerprint density at radius 2 is 2.30 bits per heavy atom. The number of methoxy groups -OCH3 is 1. The first-order valence-electron chi connectivity index (χ1n) is 8.02. The van der Waals surface area contributed by atoms with Gasteiger partial charge in [-0.2, -0.15) is 0 Å². The summed E-state index contributed by atoms with van der Waals surface area (Å²) in [6.07, 6.45) is 2.90. The molecule has 0 aliphatic carbocycles. The second kappa shape index (κ2) is 8.06. The number of nitrogens with one attached hydrogen (secondary N) is 1. The molecule has 1 aromatic heterocycles. The summed E-state index contributed by atoms with van der Waals surface area (Å²) >= 11 is 0. The predicted octanol–water partition coefficient (Wildman–Crippen LogP) is 1.26. The fourth-order valence-corrected chi connectivity index (χ4v) is 2.78. The van der Waals surface area contributed by atoms with Gasteiger partial charge in [-0.25, -0.2) is 0 Å². The molecule has 6 heteroatoms. The number of hydrogen-bond acceptors (Lipinski definition) is 4. The Balaban J connectivity index is 1.96. The molecule has 2 amide bonds. The monoisotopic (exact) mass is 319 g/mol. The maximum Gasteiger partial charge on any atom is 0.251 e. The summed E-state index contributed by atoms with van der Waals surface area (Å²) in [7, 11) is 1.63. The second-order valence-corrected chi connectivity index (χ2v) is 6.27. The van der Waals surface area contributed by atoms with E-state index in [1.807, 2.05) is 24.8 Å². The molecule has 2 rings (SSSR count). The van der Waals surface area contributed by atoms with E-state index in [2.05, 4.69) is 10.3 Å². The minimum Gasteiger partial charge on any atom is -0.383 e. The number of ether oxygens (including phenoxy) is 1. The Kier molecular flexibility index (Phi) is 6.10. The van der Waals surface area contributed by atoms with E-state index in [0.29, 0.717) is 31.6 Å². The van der Waals surface area contributed by atoms with E-state index in [9.17, 15) is 9.59 Å². The molecule has 6 nitrogen and oxygen atoms in total. The van der Waals surface area contributed by atoms with Crippen LogP contribution >= 0.6 is 0 Å². The Morgan fingerprint density at radius 1 is 1.52 bits per heavy atom. The van der Waals surface area contributed by atoms with Crippen molar-refractivity contribution in [1.29, 1.82) is 0 Å². The third-order valence-electron chi connectivity index (χ3n) is 3.86. The van der Waals surface area contributed by atoms with Crippen molar-refractivity contribution < 1.29 is 14.3 Å². The van der Waals surface area contributed by atoms with Gasteiger partial charge in [0.15, 0.2) is 0 Å². The lowest BCUT2D eigenvalue weighted by atomic mass is 10.0. The zero-order valence-corrected chi connectivity index (χ0v) is 14.0. The Hall–Kier alpha value is -1.95. The quantitative estimate of drug-likeness (QED) is 0.821. The topological polar surface area (TPSA) is 71.5 Å². The van der Waals surface area contributed by atoms with Crippen molar-refractivity contribution in [3.05, 3.63) is 29.6 Å². The average Bonchev–Trinajstić information content (AvgIpc) is 2.84. The third kappa shape index (κ3) is 5.03. The Labute approximate surface area is 137 Å². The predicted molar refractivity (Wildman–Crippen MR) is 87.1 cm³/mol. The maximum absolute atomic E-state index is 12.1. The molecule has 2 heterocycles. The number of amides is 2. The van der Waals surface area contributed by atoms with Crippen LogP contribution < -0.4 is 5.32 Å². The number of likely N-dealkylation sites (tertiary alicyclic amines) is 1. The number of aromatic nitrogens is 1. The fraction of sp³-hybridized carbons (Fsp3) is 0.588. The van der Waals surface area contributed by atoms with Crippen LogP contribution in [-0.2, 0) is 16.0 Å². The SMILES string of the molecule is COCCN1C[C@@H](Cc2cc(C(=O)NC(C)C)ccn2)CC1=O. The van der Waals surface area contributed by atoms with Gasteiger partial charge in [0.2, 0.25) is 5.91 Å². The number of rotatable bonds is 7. The van der Waals surface area contributed by atoms with Gasteiger partial charge in [-0.3, -0.25) is 14.6 Å². The van der Waals surface area contributed by atoms with E-state index < -0.39 is 0 Å². The first-order valence-corrected chi connectivity index (χ1v) is 8.02. The van der Waals surface area contributed by atoms with Crippen LogP contribution in [0.1, 0.15) is 36.3 Å². The molecule has 0 aromatic carbocycles. The highest BCUT2D eigenvalue weighted by atomic mass is 16.5. The summed E-state index contributed by atoms with van der Waals surface area (Å²) in [6.45, 7) is 5.78. The van der Waals surface area contributed by atoms with E-state index in [0.717, 1.165) is 12.2 Å². The molecular formula is C17H25N3O3. The summed E-state index contributed by atoms with van der Waals surface area (Å²) in [4.78, 5) is 30.2. The number of carbonyl (C=O) groups excluding carboxylic acids is 2. The summed E-state index contributed by atoms with van der Waals surface area (Å²) < 4.78 is 5.03. The smallest absolute Gasteiger partial charge is 0.251 e. The zero-order chi connectivity index (χ0) is 16.8. The largest absolute Gasteiger partial charge is 0.383 e. The van der Waals surface area contributed by atoms with Gasteiger partial charge in [-0.05, 0) is 38.3 Å². The van der Waals surface area contributed by atoms with Crippen LogP contribution in [0.2, 0.25) is 0 Å². The van der Waals surface area contributed by atoms with E-state index in [1.165, 1.54) is 0 Å². The summed E-state index contributed by atoms with van der Waals surface area (Å²) in [5.41, 5.74) is 1.47.